The number of benzene rings is 1. The molecule has 0 amide bonds. The van der Waals surface area contributed by atoms with E-state index in [4.69, 9.17) is 4.18 Å². The van der Waals surface area contributed by atoms with Crippen LogP contribution < -0.4 is 0 Å². The van der Waals surface area contributed by atoms with Crippen molar-refractivity contribution in [2.75, 3.05) is 12.9 Å². The summed E-state index contributed by atoms with van der Waals surface area (Å²) in [5.74, 6) is 0.313. The zero-order chi connectivity index (χ0) is 11.3. The molecule has 0 radical (unpaired) electrons. The zero-order valence-electron chi connectivity index (χ0n) is 9.01. The quantitative estimate of drug-likeness (QED) is 0.725. The van der Waals surface area contributed by atoms with E-state index in [0.29, 0.717) is 12.3 Å². The van der Waals surface area contributed by atoms with E-state index in [9.17, 15) is 8.42 Å². The highest BCUT2D eigenvalue weighted by Gasteiger charge is 2.07. The second kappa shape index (κ2) is 5.28. The van der Waals surface area contributed by atoms with Crippen molar-refractivity contribution < 1.29 is 12.6 Å². The van der Waals surface area contributed by atoms with E-state index in [1.165, 1.54) is 5.56 Å². The number of hydrogen-bond acceptors (Lipinski definition) is 3. The summed E-state index contributed by atoms with van der Waals surface area (Å²) < 4.78 is 26.1. The van der Waals surface area contributed by atoms with Gasteiger partial charge in [-0.1, -0.05) is 37.3 Å². The molecule has 0 bridgehead atoms. The molecule has 1 rings (SSSR count). The average molecular weight is 228 g/mol. The summed E-state index contributed by atoms with van der Waals surface area (Å²) in [7, 11) is -3.30. The molecule has 84 valence electrons. The third kappa shape index (κ3) is 4.95. The van der Waals surface area contributed by atoms with E-state index < -0.39 is 10.1 Å². The van der Waals surface area contributed by atoms with Crippen molar-refractivity contribution in [3.63, 3.8) is 0 Å². The van der Waals surface area contributed by atoms with Crippen LogP contribution in [-0.4, -0.2) is 21.3 Å². The van der Waals surface area contributed by atoms with Gasteiger partial charge in [-0.2, -0.15) is 8.42 Å². The van der Waals surface area contributed by atoms with E-state index >= 15 is 0 Å². The maximum absolute atomic E-state index is 10.7. The van der Waals surface area contributed by atoms with Crippen LogP contribution in [0, 0.1) is 0 Å². The molecular weight excluding hydrogens is 212 g/mol. The number of hydrogen-bond donors (Lipinski definition) is 0. The minimum Gasteiger partial charge on any atom is -0.270 e. The highest BCUT2D eigenvalue weighted by atomic mass is 32.2. The Bertz CT molecular complexity index is 384. The molecule has 1 aromatic rings. The molecule has 4 heteroatoms. The first-order chi connectivity index (χ1) is 6.99. The van der Waals surface area contributed by atoms with Gasteiger partial charge in [0.2, 0.25) is 0 Å². The normalized spacial score (nSPS) is 13.7. The molecule has 15 heavy (non-hydrogen) atoms. The van der Waals surface area contributed by atoms with Crippen LogP contribution in [0.1, 0.15) is 24.8 Å². The molecule has 0 spiro atoms. The lowest BCUT2D eigenvalue weighted by Gasteiger charge is -2.10. The maximum atomic E-state index is 10.7. The molecule has 1 atom stereocenters. The Labute approximate surface area is 91.2 Å². The van der Waals surface area contributed by atoms with E-state index in [-0.39, 0.29) is 6.61 Å². The summed E-state index contributed by atoms with van der Waals surface area (Å²) >= 11 is 0. The van der Waals surface area contributed by atoms with E-state index in [2.05, 4.69) is 6.92 Å². The largest absolute Gasteiger partial charge is 0.270 e. The smallest absolute Gasteiger partial charge is 0.264 e. The predicted octanol–water partition coefficient (Wildman–Crippen LogP) is 2.16. The molecule has 0 heterocycles. The predicted molar refractivity (Wildman–Crippen MR) is 60.3 cm³/mol. The Hall–Kier alpha value is -0.870. The van der Waals surface area contributed by atoms with Gasteiger partial charge in [0.1, 0.15) is 0 Å². The molecule has 0 fully saturated rings. The van der Waals surface area contributed by atoms with Crippen molar-refractivity contribution in [1.29, 1.82) is 0 Å². The number of rotatable bonds is 5. The second-order valence-corrected chi connectivity index (χ2v) is 5.27. The summed E-state index contributed by atoms with van der Waals surface area (Å²) in [6, 6.07) is 9.98. The Morgan fingerprint density at radius 2 is 1.87 bits per heavy atom. The fourth-order valence-corrected chi connectivity index (χ4v) is 1.72. The van der Waals surface area contributed by atoms with Crippen LogP contribution in [0.4, 0.5) is 0 Å². The first-order valence-corrected chi connectivity index (χ1v) is 6.70. The summed E-state index contributed by atoms with van der Waals surface area (Å²) in [6.45, 7) is 2.30. The van der Waals surface area contributed by atoms with Gasteiger partial charge in [0, 0.05) is 0 Å². The molecule has 0 aliphatic carbocycles. The Balaban J connectivity index is 2.41. The van der Waals surface area contributed by atoms with Crippen LogP contribution >= 0.6 is 0 Å². The van der Waals surface area contributed by atoms with Gasteiger partial charge in [-0.05, 0) is 17.9 Å². The van der Waals surface area contributed by atoms with Crippen molar-refractivity contribution in [2.45, 2.75) is 19.3 Å². The Kier molecular flexibility index (Phi) is 4.29. The summed E-state index contributed by atoms with van der Waals surface area (Å²) in [4.78, 5) is 0. The SMILES string of the molecule is CC(CCOS(C)(=O)=O)c1ccccc1. The third-order valence-corrected chi connectivity index (χ3v) is 2.81. The standard InChI is InChI=1S/C11H16O3S/c1-10(8-9-14-15(2,12)13)11-6-4-3-5-7-11/h3-7,10H,8-9H2,1-2H3. The van der Waals surface area contributed by atoms with Crippen LogP contribution in [0.5, 0.6) is 0 Å². The van der Waals surface area contributed by atoms with Crippen LogP contribution in [0.25, 0.3) is 0 Å². The van der Waals surface area contributed by atoms with E-state index in [1.807, 2.05) is 30.3 Å². The third-order valence-electron chi connectivity index (χ3n) is 2.22. The lowest BCUT2D eigenvalue weighted by Crippen LogP contribution is -2.06. The molecule has 0 saturated carbocycles. The lowest BCUT2D eigenvalue weighted by atomic mass is 9.99. The van der Waals surface area contributed by atoms with E-state index in [0.717, 1.165) is 6.26 Å². The lowest BCUT2D eigenvalue weighted by molar-refractivity contribution is 0.306. The van der Waals surface area contributed by atoms with Crippen molar-refractivity contribution in [2.24, 2.45) is 0 Å². The van der Waals surface area contributed by atoms with Gasteiger partial charge in [0.05, 0.1) is 12.9 Å². The Morgan fingerprint density at radius 3 is 2.40 bits per heavy atom. The molecular formula is C11H16O3S. The maximum Gasteiger partial charge on any atom is 0.264 e. The molecule has 0 saturated heterocycles. The average Bonchev–Trinajstić information content (AvgIpc) is 2.17. The van der Waals surface area contributed by atoms with E-state index in [1.54, 1.807) is 0 Å². The van der Waals surface area contributed by atoms with Gasteiger partial charge in [-0.25, -0.2) is 0 Å². The van der Waals surface area contributed by atoms with Crippen LogP contribution in [-0.2, 0) is 14.3 Å². The van der Waals surface area contributed by atoms with Crippen molar-refractivity contribution >= 4 is 10.1 Å². The minimum absolute atomic E-state index is 0.245. The molecule has 1 aromatic carbocycles. The molecule has 0 aliphatic rings. The van der Waals surface area contributed by atoms with Gasteiger partial charge in [-0.15, -0.1) is 0 Å². The van der Waals surface area contributed by atoms with Gasteiger partial charge >= 0.3 is 0 Å². The van der Waals surface area contributed by atoms with Gasteiger partial charge in [0.15, 0.2) is 0 Å². The molecule has 3 nitrogen and oxygen atoms in total. The van der Waals surface area contributed by atoms with Crippen molar-refractivity contribution in [1.82, 2.24) is 0 Å². The zero-order valence-corrected chi connectivity index (χ0v) is 9.83. The summed E-state index contributed by atoms with van der Waals surface area (Å²) in [5.41, 5.74) is 1.20. The molecule has 1 unspecified atom stereocenters. The summed E-state index contributed by atoms with van der Waals surface area (Å²) in [6.07, 6.45) is 1.78. The van der Waals surface area contributed by atoms with Gasteiger partial charge in [0.25, 0.3) is 10.1 Å². The topological polar surface area (TPSA) is 43.4 Å². The first kappa shape index (κ1) is 12.2. The van der Waals surface area contributed by atoms with Crippen LogP contribution in [0.15, 0.2) is 30.3 Å². The first-order valence-electron chi connectivity index (χ1n) is 4.88. The second-order valence-electron chi connectivity index (χ2n) is 3.63. The van der Waals surface area contributed by atoms with Crippen molar-refractivity contribution in [3.05, 3.63) is 35.9 Å². The Morgan fingerprint density at radius 1 is 1.27 bits per heavy atom. The highest BCUT2D eigenvalue weighted by Crippen LogP contribution is 2.18. The summed E-state index contributed by atoms with van der Waals surface area (Å²) in [5, 5.41) is 0. The molecule has 0 N–H and O–H groups in total. The van der Waals surface area contributed by atoms with Crippen molar-refractivity contribution in [3.8, 4) is 0 Å². The molecule has 0 aromatic heterocycles. The monoisotopic (exact) mass is 228 g/mol. The highest BCUT2D eigenvalue weighted by molar-refractivity contribution is 7.85. The minimum atomic E-state index is -3.30. The van der Waals surface area contributed by atoms with Crippen LogP contribution in [0.2, 0.25) is 0 Å². The fraction of sp³-hybridized carbons (Fsp3) is 0.455. The van der Waals surface area contributed by atoms with Gasteiger partial charge < -0.3 is 0 Å². The van der Waals surface area contributed by atoms with Crippen LogP contribution in [0.3, 0.4) is 0 Å². The molecule has 0 aliphatic heterocycles. The van der Waals surface area contributed by atoms with Gasteiger partial charge in [-0.3, -0.25) is 4.18 Å². The fourth-order valence-electron chi connectivity index (χ4n) is 1.32.